The number of nitrogens with zero attached hydrogens (tertiary/aromatic N) is 1. The van der Waals surface area contributed by atoms with Gasteiger partial charge in [0.2, 0.25) is 5.91 Å². The molecule has 1 amide bonds. The number of methoxy groups -OCH3 is 2. The van der Waals surface area contributed by atoms with Crippen molar-refractivity contribution in [1.29, 1.82) is 0 Å². The van der Waals surface area contributed by atoms with E-state index in [1.807, 2.05) is 54.6 Å². The molecule has 30 heavy (non-hydrogen) atoms. The van der Waals surface area contributed by atoms with E-state index in [9.17, 15) is 4.79 Å². The maximum atomic E-state index is 12.2. The fourth-order valence-electron chi connectivity index (χ4n) is 2.92. The summed E-state index contributed by atoms with van der Waals surface area (Å²) in [6.45, 7) is 0.864. The van der Waals surface area contributed by atoms with Gasteiger partial charge in [0.05, 0.1) is 14.2 Å². The topological polar surface area (TPSA) is 69.7 Å². The van der Waals surface area contributed by atoms with E-state index in [2.05, 4.69) is 10.3 Å². The van der Waals surface area contributed by atoms with E-state index in [4.69, 9.17) is 14.2 Å². The van der Waals surface area contributed by atoms with E-state index in [-0.39, 0.29) is 5.91 Å². The maximum Gasteiger partial charge on any atom is 0.220 e. The number of aromatic nitrogens is 1. The molecular weight excluding hydrogens is 380 g/mol. The van der Waals surface area contributed by atoms with Crippen LogP contribution in [0.25, 0.3) is 0 Å². The molecule has 0 bridgehead atoms. The molecule has 6 heteroatoms. The Hall–Kier alpha value is -3.54. The van der Waals surface area contributed by atoms with Gasteiger partial charge in [-0.3, -0.25) is 9.78 Å². The van der Waals surface area contributed by atoms with Gasteiger partial charge in [-0.1, -0.05) is 18.2 Å². The third-order valence-electron chi connectivity index (χ3n) is 4.66. The van der Waals surface area contributed by atoms with Gasteiger partial charge in [0, 0.05) is 25.4 Å². The highest BCUT2D eigenvalue weighted by atomic mass is 16.5. The highest BCUT2D eigenvalue weighted by Gasteiger charge is 2.08. The first-order valence-corrected chi connectivity index (χ1v) is 9.76. The number of rotatable bonds is 10. The average molecular weight is 406 g/mol. The summed E-state index contributed by atoms with van der Waals surface area (Å²) in [6, 6.07) is 17.2. The monoisotopic (exact) mass is 406 g/mol. The minimum absolute atomic E-state index is 0.00259. The third-order valence-corrected chi connectivity index (χ3v) is 4.66. The number of hydrogen-bond donors (Lipinski definition) is 1. The van der Waals surface area contributed by atoms with Crippen LogP contribution in [0.4, 0.5) is 0 Å². The van der Waals surface area contributed by atoms with Crippen molar-refractivity contribution in [2.24, 2.45) is 0 Å². The lowest BCUT2D eigenvalue weighted by atomic mass is 10.1. The van der Waals surface area contributed by atoms with Gasteiger partial charge in [-0.2, -0.15) is 0 Å². The highest BCUT2D eigenvalue weighted by molar-refractivity contribution is 5.76. The molecule has 0 unspecified atom stereocenters. The number of ether oxygens (including phenoxy) is 3. The van der Waals surface area contributed by atoms with Crippen molar-refractivity contribution in [1.82, 2.24) is 10.3 Å². The molecule has 0 saturated carbocycles. The Balaban J connectivity index is 1.48. The first kappa shape index (κ1) is 21.2. The summed E-state index contributed by atoms with van der Waals surface area (Å²) >= 11 is 0. The smallest absolute Gasteiger partial charge is 0.220 e. The second-order valence-corrected chi connectivity index (χ2v) is 6.75. The van der Waals surface area contributed by atoms with Crippen LogP contribution < -0.4 is 19.5 Å². The fourth-order valence-corrected chi connectivity index (χ4v) is 2.92. The van der Waals surface area contributed by atoms with Gasteiger partial charge in [-0.15, -0.1) is 0 Å². The maximum absolute atomic E-state index is 12.2. The van der Waals surface area contributed by atoms with Crippen molar-refractivity contribution < 1.29 is 19.0 Å². The molecule has 6 nitrogen and oxygen atoms in total. The van der Waals surface area contributed by atoms with Crippen molar-refractivity contribution in [3.8, 4) is 17.2 Å². The van der Waals surface area contributed by atoms with Crippen LogP contribution in [0.15, 0.2) is 67.0 Å². The molecule has 1 aromatic heterocycles. The number of pyridine rings is 1. The Morgan fingerprint density at radius 3 is 2.30 bits per heavy atom. The van der Waals surface area contributed by atoms with Crippen LogP contribution >= 0.6 is 0 Å². The van der Waals surface area contributed by atoms with Crippen molar-refractivity contribution in [3.63, 3.8) is 0 Å². The Labute approximate surface area is 176 Å². The summed E-state index contributed by atoms with van der Waals surface area (Å²) in [7, 11) is 3.24. The summed E-state index contributed by atoms with van der Waals surface area (Å²) in [5.74, 6) is 2.10. The largest absolute Gasteiger partial charge is 0.497 e. The molecule has 2 aromatic carbocycles. The molecule has 0 atom stereocenters. The van der Waals surface area contributed by atoms with Crippen LogP contribution in [-0.4, -0.2) is 25.1 Å². The Bertz CT molecular complexity index is 943. The number of carbonyl (C=O) groups is 1. The van der Waals surface area contributed by atoms with E-state index in [1.165, 1.54) is 0 Å². The number of nitrogens with one attached hydrogen (secondary N) is 1. The van der Waals surface area contributed by atoms with E-state index in [1.54, 1.807) is 26.6 Å². The van der Waals surface area contributed by atoms with Gasteiger partial charge in [-0.25, -0.2) is 0 Å². The van der Waals surface area contributed by atoms with E-state index >= 15 is 0 Å². The Morgan fingerprint density at radius 2 is 1.60 bits per heavy atom. The van der Waals surface area contributed by atoms with Gasteiger partial charge in [0.25, 0.3) is 0 Å². The van der Waals surface area contributed by atoms with Gasteiger partial charge >= 0.3 is 0 Å². The molecular formula is C24H26N2O4. The molecule has 1 N–H and O–H groups in total. The summed E-state index contributed by atoms with van der Waals surface area (Å²) in [6.07, 6.45) is 4.57. The summed E-state index contributed by atoms with van der Waals surface area (Å²) in [5, 5.41) is 2.95. The van der Waals surface area contributed by atoms with Crippen LogP contribution in [0.3, 0.4) is 0 Å². The van der Waals surface area contributed by atoms with E-state index in [0.29, 0.717) is 37.5 Å². The number of amides is 1. The number of aryl methyl sites for hydroxylation is 1. The number of hydrogen-bond acceptors (Lipinski definition) is 5. The van der Waals surface area contributed by atoms with Crippen LogP contribution in [0, 0.1) is 0 Å². The van der Waals surface area contributed by atoms with Gasteiger partial charge in [-0.05, 0) is 59.5 Å². The fraction of sp³-hybridized carbons (Fsp3) is 0.250. The summed E-state index contributed by atoms with van der Waals surface area (Å²) in [5.41, 5.74) is 3.07. The molecule has 0 radical (unpaired) electrons. The molecule has 3 aromatic rings. The van der Waals surface area contributed by atoms with E-state index < -0.39 is 0 Å². The molecule has 0 fully saturated rings. The zero-order chi connectivity index (χ0) is 21.2. The minimum Gasteiger partial charge on any atom is -0.497 e. The van der Waals surface area contributed by atoms with Crippen molar-refractivity contribution >= 4 is 5.91 Å². The van der Waals surface area contributed by atoms with Crippen LogP contribution in [-0.2, 0) is 24.4 Å². The number of carbonyl (C=O) groups excluding carboxylic acids is 1. The lowest BCUT2D eigenvalue weighted by molar-refractivity contribution is -0.121. The van der Waals surface area contributed by atoms with Gasteiger partial charge < -0.3 is 19.5 Å². The zero-order valence-corrected chi connectivity index (χ0v) is 17.3. The Kier molecular flexibility index (Phi) is 7.66. The third kappa shape index (κ3) is 6.24. The van der Waals surface area contributed by atoms with Gasteiger partial charge in [0.1, 0.15) is 12.4 Å². The molecule has 3 rings (SSSR count). The first-order valence-electron chi connectivity index (χ1n) is 9.76. The SMILES string of the molecule is COc1ccc(CCC(=O)NCc2ccc(OCc3ccncc3)c(OC)c2)cc1. The summed E-state index contributed by atoms with van der Waals surface area (Å²) < 4.78 is 16.4. The quantitative estimate of drug-likeness (QED) is 0.553. The van der Waals surface area contributed by atoms with Crippen molar-refractivity contribution in [2.75, 3.05) is 14.2 Å². The van der Waals surface area contributed by atoms with Gasteiger partial charge in [0.15, 0.2) is 11.5 Å². The highest BCUT2D eigenvalue weighted by Crippen LogP contribution is 2.28. The number of benzene rings is 2. The molecule has 0 aliphatic carbocycles. The lowest BCUT2D eigenvalue weighted by Crippen LogP contribution is -2.23. The molecule has 156 valence electrons. The summed E-state index contributed by atoms with van der Waals surface area (Å²) in [4.78, 5) is 16.2. The second kappa shape index (κ2) is 10.9. The lowest BCUT2D eigenvalue weighted by Gasteiger charge is -2.13. The predicted molar refractivity (Wildman–Crippen MR) is 115 cm³/mol. The predicted octanol–water partition coefficient (Wildman–Crippen LogP) is 3.93. The molecule has 0 aliphatic heterocycles. The normalized spacial score (nSPS) is 10.3. The molecule has 0 saturated heterocycles. The van der Waals surface area contributed by atoms with Crippen LogP contribution in [0.2, 0.25) is 0 Å². The first-order chi connectivity index (χ1) is 14.7. The Morgan fingerprint density at radius 1 is 0.867 bits per heavy atom. The minimum atomic E-state index is 0.00259. The van der Waals surface area contributed by atoms with Crippen LogP contribution in [0.1, 0.15) is 23.1 Å². The standard InChI is InChI=1S/C24H26N2O4/c1-28-21-7-3-18(4-8-21)6-10-24(27)26-16-20-5-9-22(23(15-20)29-2)30-17-19-11-13-25-14-12-19/h3-5,7-9,11-15H,6,10,16-17H2,1-2H3,(H,26,27). The molecule has 1 heterocycles. The average Bonchev–Trinajstić information content (AvgIpc) is 2.81. The van der Waals surface area contributed by atoms with Crippen molar-refractivity contribution in [3.05, 3.63) is 83.7 Å². The van der Waals surface area contributed by atoms with E-state index in [0.717, 1.165) is 22.4 Å². The van der Waals surface area contributed by atoms with Crippen molar-refractivity contribution in [2.45, 2.75) is 26.0 Å². The second-order valence-electron chi connectivity index (χ2n) is 6.75. The molecule has 0 spiro atoms. The molecule has 0 aliphatic rings. The van der Waals surface area contributed by atoms with Crippen LogP contribution in [0.5, 0.6) is 17.2 Å². The zero-order valence-electron chi connectivity index (χ0n) is 17.3.